The van der Waals surface area contributed by atoms with E-state index in [1.807, 2.05) is 0 Å². The number of aryl methyl sites for hydroxylation is 1. The number of halogens is 1. The minimum Gasteiger partial charge on any atom is -0.494 e. The van der Waals surface area contributed by atoms with Crippen molar-refractivity contribution in [2.45, 2.75) is 6.92 Å². The van der Waals surface area contributed by atoms with Crippen LogP contribution in [0.5, 0.6) is 5.75 Å². The molecule has 6 heteroatoms. The second-order valence-electron chi connectivity index (χ2n) is 5.11. The van der Waals surface area contributed by atoms with Crippen LogP contribution in [0.3, 0.4) is 0 Å². The number of methoxy groups -OCH3 is 1. The summed E-state index contributed by atoms with van der Waals surface area (Å²) in [6, 6.07) is 9.16. The fourth-order valence-corrected chi connectivity index (χ4v) is 2.04. The maximum atomic E-state index is 13.6. The van der Waals surface area contributed by atoms with Gasteiger partial charge in [0.05, 0.1) is 7.11 Å². The highest BCUT2D eigenvalue weighted by molar-refractivity contribution is 6.03. The van der Waals surface area contributed by atoms with E-state index < -0.39 is 17.6 Å². The lowest BCUT2D eigenvalue weighted by atomic mass is 10.1. The lowest BCUT2D eigenvalue weighted by molar-refractivity contribution is -0.111. The van der Waals surface area contributed by atoms with Crippen LogP contribution in [0, 0.1) is 12.7 Å². The molecule has 5 nitrogen and oxygen atoms in total. The van der Waals surface area contributed by atoms with Crippen LogP contribution < -0.4 is 15.8 Å². The Hall–Kier alpha value is -3.15. The molecule has 0 atom stereocenters. The summed E-state index contributed by atoms with van der Waals surface area (Å²) in [5, 5.41) is 2.66. The summed E-state index contributed by atoms with van der Waals surface area (Å²) in [6.07, 6.45) is 2.75. The number of amides is 2. The van der Waals surface area contributed by atoms with Gasteiger partial charge in [0, 0.05) is 17.3 Å². The number of rotatable bonds is 5. The first-order chi connectivity index (χ1) is 11.4. The van der Waals surface area contributed by atoms with E-state index in [9.17, 15) is 14.0 Å². The standard InChI is InChI=1S/C18H17FN2O3/c1-11-3-6-13(18(20)23)10-15(11)21-17(22)8-5-12-4-7-16(24-2)14(19)9-12/h3-10H,1-2H3,(H2,20,23)(H,21,22). The molecule has 2 aromatic rings. The number of nitrogens with one attached hydrogen (secondary N) is 1. The molecule has 0 aliphatic heterocycles. The van der Waals surface area contributed by atoms with E-state index in [1.165, 1.54) is 37.5 Å². The average Bonchev–Trinajstić information content (AvgIpc) is 2.55. The maximum absolute atomic E-state index is 13.6. The number of carbonyl (C=O) groups is 2. The maximum Gasteiger partial charge on any atom is 0.248 e. The van der Waals surface area contributed by atoms with Crippen molar-refractivity contribution in [1.29, 1.82) is 0 Å². The number of primary amides is 1. The van der Waals surface area contributed by atoms with Gasteiger partial charge in [0.2, 0.25) is 11.8 Å². The first-order valence-corrected chi connectivity index (χ1v) is 7.14. The molecule has 2 aromatic carbocycles. The molecule has 0 aliphatic carbocycles. The van der Waals surface area contributed by atoms with Crippen LogP contribution in [0.15, 0.2) is 42.5 Å². The smallest absolute Gasteiger partial charge is 0.248 e. The topological polar surface area (TPSA) is 81.4 Å². The molecular formula is C18H17FN2O3. The number of anilines is 1. The van der Waals surface area contributed by atoms with Gasteiger partial charge in [-0.1, -0.05) is 12.1 Å². The largest absolute Gasteiger partial charge is 0.494 e. The fourth-order valence-electron chi connectivity index (χ4n) is 2.04. The van der Waals surface area contributed by atoms with Crippen LogP contribution in [0.2, 0.25) is 0 Å². The first-order valence-electron chi connectivity index (χ1n) is 7.14. The summed E-state index contributed by atoms with van der Waals surface area (Å²) < 4.78 is 18.4. The van der Waals surface area contributed by atoms with Gasteiger partial charge in [-0.05, 0) is 48.4 Å². The average molecular weight is 328 g/mol. The van der Waals surface area contributed by atoms with Crippen molar-refractivity contribution in [2.24, 2.45) is 5.73 Å². The number of carbonyl (C=O) groups excluding carboxylic acids is 2. The van der Waals surface area contributed by atoms with Crippen molar-refractivity contribution >= 4 is 23.6 Å². The molecule has 0 aromatic heterocycles. The summed E-state index contributed by atoms with van der Waals surface area (Å²) in [4.78, 5) is 23.2. The van der Waals surface area contributed by atoms with Gasteiger partial charge in [0.15, 0.2) is 11.6 Å². The Bertz CT molecular complexity index is 816. The van der Waals surface area contributed by atoms with Crippen molar-refractivity contribution in [3.63, 3.8) is 0 Å². The molecule has 0 spiro atoms. The van der Waals surface area contributed by atoms with E-state index in [1.54, 1.807) is 25.1 Å². The predicted molar refractivity (Wildman–Crippen MR) is 90.3 cm³/mol. The molecule has 3 N–H and O–H groups in total. The highest BCUT2D eigenvalue weighted by Crippen LogP contribution is 2.19. The Labute approximate surface area is 138 Å². The van der Waals surface area contributed by atoms with Crippen molar-refractivity contribution in [3.8, 4) is 5.75 Å². The monoisotopic (exact) mass is 328 g/mol. The zero-order valence-electron chi connectivity index (χ0n) is 13.3. The van der Waals surface area contributed by atoms with Crippen molar-refractivity contribution in [3.05, 3.63) is 65.0 Å². The molecule has 0 saturated heterocycles. The highest BCUT2D eigenvalue weighted by atomic mass is 19.1. The number of hydrogen-bond acceptors (Lipinski definition) is 3. The van der Waals surface area contributed by atoms with Crippen LogP contribution in [0.25, 0.3) is 6.08 Å². The second kappa shape index (κ2) is 7.41. The lowest BCUT2D eigenvalue weighted by Gasteiger charge is -2.08. The van der Waals surface area contributed by atoms with Gasteiger partial charge in [0.1, 0.15) is 0 Å². The van der Waals surface area contributed by atoms with Crippen LogP contribution in [-0.4, -0.2) is 18.9 Å². The van der Waals surface area contributed by atoms with E-state index in [0.717, 1.165) is 5.56 Å². The molecule has 2 rings (SSSR count). The van der Waals surface area contributed by atoms with Gasteiger partial charge >= 0.3 is 0 Å². The molecule has 0 unspecified atom stereocenters. The Morgan fingerprint density at radius 1 is 1.21 bits per heavy atom. The minimum atomic E-state index is -0.574. The van der Waals surface area contributed by atoms with Gasteiger partial charge in [-0.25, -0.2) is 4.39 Å². The van der Waals surface area contributed by atoms with Gasteiger partial charge in [-0.3, -0.25) is 9.59 Å². The Morgan fingerprint density at radius 3 is 2.58 bits per heavy atom. The van der Waals surface area contributed by atoms with Gasteiger partial charge < -0.3 is 15.8 Å². The van der Waals surface area contributed by atoms with E-state index in [0.29, 0.717) is 16.8 Å². The van der Waals surface area contributed by atoms with Crippen molar-refractivity contribution < 1.29 is 18.7 Å². The predicted octanol–water partition coefficient (Wildman–Crippen LogP) is 2.89. The number of nitrogens with two attached hydrogens (primary N) is 1. The van der Waals surface area contributed by atoms with E-state index >= 15 is 0 Å². The van der Waals surface area contributed by atoms with Crippen LogP contribution in [-0.2, 0) is 4.79 Å². The third-order valence-corrected chi connectivity index (χ3v) is 3.38. The van der Waals surface area contributed by atoms with Crippen molar-refractivity contribution in [2.75, 3.05) is 12.4 Å². The molecular weight excluding hydrogens is 311 g/mol. The summed E-state index contributed by atoms with van der Waals surface area (Å²) in [6.45, 7) is 1.79. The van der Waals surface area contributed by atoms with E-state index in [4.69, 9.17) is 10.5 Å². The van der Waals surface area contributed by atoms with Gasteiger partial charge in [-0.2, -0.15) is 0 Å². The molecule has 0 bridgehead atoms. The van der Waals surface area contributed by atoms with Crippen molar-refractivity contribution in [1.82, 2.24) is 0 Å². The van der Waals surface area contributed by atoms with Crippen LogP contribution in [0.4, 0.5) is 10.1 Å². The molecule has 0 aliphatic rings. The molecule has 0 fully saturated rings. The Morgan fingerprint density at radius 2 is 1.96 bits per heavy atom. The lowest BCUT2D eigenvalue weighted by Crippen LogP contribution is -2.13. The van der Waals surface area contributed by atoms with E-state index in [2.05, 4.69) is 5.32 Å². The first kappa shape index (κ1) is 17.2. The van der Waals surface area contributed by atoms with Gasteiger partial charge in [0.25, 0.3) is 0 Å². The zero-order valence-corrected chi connectivity index (χ0v) is 13.3. The molecule has 124 valence electrons. The summed E-state index contributed by atoms with van der Waals surface area (Å²) >= 11 is 0. The summed E-state index contributed by atoms with van der Waals surface area (Å²) in [5.41, 5.74) is 7.32. The van der Waals surface area contributed by atoms with Crippen LogP contribution >= 0.6 is 0 Å². The summed E-state index contributed by atoms with van der Waals surface area (Å²) in [7, 11) is 1.38. The molecule has 0 saturated carbocycles. The molecule has 2 amide bonds. The number of hydrogen-bond donors (Lipinski definition) is 2. The Balaban J connectivity index is 2.12. The normalized spacial score (nSPS) is 10.6. The van der Waals surface area contributed by atoms with Gasteiger partial charge in [-0.15, -0.1) is 0 Å². The summed E-state index contributed by atoms with van der Waals surface area (Å²) in [5.74, 6) is -1.36. The number of ether oxygens (including phenoxy) is 1. The van der Waals surface area contributed by atoms with E-state index in [-0.39, 0.29) is 5.75 Å². The fraction of sp³-hybridized carbons (Fsp3) is 0.111. The molecule has 0 radical (unpaired) electrons. The third kappa shape index (κ3) is 4.19. The van der Waals surface area contributed by atoms with Crippen LogP contribution in [0.1, 0.15) is 21.5 Å². The zero-order chi connectivity index (χ0) is 17.7. The quantitative estimate of drug-likeness (QED) is 0.828. The molecule has 24 heavy (non-hydrogen) atoms. The minimum absolute atomic E-state index is 0.135. The second-order valence-corrected chi connectivity index (χ2v) is 5.11. The Kier molecular flexibility index (Phi) is 5.31. The third-order valence-electron chi connectivity index (χ3n) is 3.38. The molecule has 0 heterocycles. The SMILES string of the molecule is COc1ccc(C=CC(=O)Nc2cc(C(N)=O)ccc2C)cc1F. The highest BCUT2D eigenvalue weighted by Gasteiger charge is 2.07. The number of benzene rings is 2.